The number of hydrogen-bond acceptors (Lipinski definition) is 3. The van der Waals surface area contributed by atoms with Crippen molar-refractivity contribution in [2.45, 2.75) is 25.1 Å². The van der Waals surface area contributed by atoms with Crippen molar-refractivity contribution in [1.29, 1.82) is 0 Å². The Labute approximate surface area is 142 Å². The van der Waals surface area contributed by atoms with Gasteiger partial charge < -0.3 is 10.6 Å². The standard InChI is InChI=1S/C15H15F3N4O.ClH/c16-15(17,18)10-3-1-4-12(7-10)22-9-11(8-20-22)21-14(23)13-5-2-6-19-13;/h1,3-4,7-9,13,19H,2,5-6H2,(H,21,23);1H. The molecule has 24 heavy (non-hydrogen) atoms. The fourth-order valence-corrected chi connectivity index (χ4v) is 2.49. The molecule has 1 aromatic heterocycles. The summed E-state index contributed by atoms with van der Waals surface area (Å²) in [4.78, 5) is 12.0. The molecule has 2 heterocycles. The second-order valence-electron chi connectivity index (χ2n) is 5.36. The third kappa shape index (κ3) is 4.07. The molecule has 5 nitrogen and oxygen atoms in total. The van der Waals surface area contributed by atoms with Gasteiger partial charge in [0, 0.05) is 0 Å². The topological polar surface area (TPSA) is 59.0 Å². The van der Waals surface area contributed by atoms with Gasteiger partial charge in [-0.3, -0.25) is 4.79 Å². The summed E-state index contributed by atoms with van der Waals surface area (Å²) >= 11 is 0. The van der Waals surface area contributed by atoms with Crippen molar-refractivity contribution in [1.82, 2.24) is 15.1 Å². The number of amides is 1. The number of hydrogen-bond donors (Lipinski definition) is 2. The van der Waals surface area contributed by atoms with Gasteiger partial charge in [-0.15, -0.1) is 12.4 Å². The molecule has 1 atom stereocenters. The molecule has 0 aliphatic carbocycles. The van der Waals surface area contributed by atoms with Crippen LogP contribution in [0.15, 0.2) is 36.7 Å². The molecule has 1 fully saturated rings. The van der Waals surface area contributed by atoms with Crippen LogP contribution in [0.5, 0.6) is 0 Å². The average Bonchev–Trinajstić information content (AvgIpc) is 3.18. The number of benzene rings is 1. The van der Waals surface area contributed by atoms with Crippen LogP contribution in [0.3, 0.4) is 0 Å². The van der Waals surface area contributed by atoms with Crippen LogP contribution in [0.25, 0.3) is 5.69 Å². The molecule has 0 saturated carbocycles. The first-order valence-electron chi connectivity index (χ1n) is 7.20. The Morgan fingerprint density at radius 3 is 2.83 bits per heavy atom. The molecule has 130 valence electrons. The molecular formula is C15H16ClF3N4O. The highest BCUT2D eigenvalue weighted by Crippen LogP contribution is 2.30. The van der Waals surface area contributed by atoms with Gasteiger partial charge in [-0.1, -0.05) is 6.07 Å². The second-order valence-corrected chi connectivity index (χ2v) is 5.36. The molecule has 2 aromatic rings. The number of halogens is 4. The maximum atomic E-state index is 12.7. The number of carbonyl (C=O) groups excluding carboxylic acids is 1. The van der Waals surface area contributed by atoms with Crippen molar-refractivity contribution < 1.29 is 18.0 Å². The molecule has 1 amide bonds. The van der Waals surface area contributed by atoms with Crippen molar-refractivity contribution in [3.8, 4) is 5.69 Å². The maximum Gasteiger partial charge on any atom is 0.416 e. The van der Waals surface area contributed by atoms with E-state index in [4.69, 9.17) is 0 Å². The normalized spacial score (nSPS) is 17.4. The van der Waals surface area contributed by atoms with Gasteiger partial charge in [0.05, 0.1) is 35.4 Å². The van der Waals surface area contributed by atoms with Gasteiger partial charge in [0.2, 0.25) is 5.91 Å². The third-order valence-corrected chi connectivity index (χ3v) is 3.66. The van der Waals surface area contributed by atoms with Crippen molar-refractivity contribution in [3.63, 3.8) is 0 Å². The van der Waals surface area contributed by atoms with Crippen LogP contribution in [-0.4, -0.2) is 28.3 Å². The van der Waals surface area contributed by atoms with E-state index in [2.05, 4.69) is 15.7 Å². The van der Waals surface area contributed by atoms with Gasteiger partial charge in [0.15, 0.2) is 0 Å². The molecule has 0 bridgehead atoms. The fourth-order valence-electron chi connectivity index (χ4n) is 2.49. The van der Waals surface area contributed by atoms with E-state index in [1.807, 2.05) is 0 Å². The predicted octanol–water partition coefficient (Wildman–Crippen LogP) is 3.00. The van der Waals surface area contributed by atoms with E-state index in [0.717, 1.165) is 31.5 Å². The average molecular weight is 361 g/mol. The lowest BCUT2D eigenvalue weighted by molar-refractivity contribution is -0.137. The molecule has 0 spiro atoms. The van der Waals surface area contributed by atoms with Gasteiger partial charge in [-0.25, -0.2) is 4.68 Å². The minimum Gasteiger partial charge on any atom is -0.322 e. The predicted molar refractivity (Wildman–Crippen MR) is 85.5 cm³/mol. The zero-order chi connectivity index (χ0) is 16.4. The lowest BCUT2D eigenvalue weighted by Crippen LogP contribution is -2.35. The Balaban J connectivity index is 0.00000208. The summed E-state index contributed by atoms with van der Waals surface area (Å²) in [6.45, 7) is 0.807. The van der Waals surface area contributed by atoms with E-state index in [-0.39, 0.29) is 30.0 Å². The monoisotopic (exact) mass is 360 g/mol. The zero-order valence-corrected chi connectivity index (χ0v) is 13.3. The van der Waals surface area contributed by atoms with Crippen molar-refractivity contribution >= 4 is 24.0 Å². The first-order chi connectivity index (χ1) is 10.9. The van der Waals surface area contributed by atoms with Gasteiger partial charge in [-0.2, -0.15) is 18.3 Å². The molecule has 9 heteroatoms. The molecule has 1 aliphatic rings. The Morgan fingerprint density at radius 1 is 1.38 bits per heavy atom. The molecule has 1 aliphatic heterocycles. The van der Waals surface area contributed by atoms with E-state index >= 15 is 0 Å². The van der Waals surface area contributed by atoms with Crippen LogP contribution < -0.4 is 10.6 Å². The summed E-state index contributed by atoms with van der Waals surface area (Å²) in [6, 6.07) is 4.62. The highest BCUT2D eigenvalue weighted by atomic mass is 35.5. The largest absolute Gasteiger partial charge is 0.416 e. The number of carbonyl (C=O) groups is 1. The van der Waals surface area contributed by atoms with E-state index in [0.29, 0.717) is 5.69 Å². The van der Waals surface area contributed by atoms with E-state index in [1.165, 1.54) is 29.2 Å². The van der Waals surface area contributed by atoms with Crippen LogP contribution in [0, 0.1) is 0 Å². The first kappa shape index (κ1) is 18.3. The number of aromatic nitrogens is 2. The van der Waals surface area contributed by atoms with Crippen LogP contribution in [-0.2, 0) is 11.0 Å². The summed E-state index contributed by atoms with van der Waals surface area (Å²) in [7, 11) is 0. The van der Waals surface area contributed by atoms with E-state index in [9.17, 15) is 18.0 Å². The summed E-state index contributed by atoms with van der Waals surface area (Å²) in [6.07, 6.45) is 0.207. The van der Waals surface area contributed by atoms with Crippen molar-refractivity contribution in [2.24, 2.45) is 0 Å². The van der Waals surface area contributed by atoms with Crippen LogP contribution in [0.4, 0.5) is 18.9 Å². The van der Waals surface area contributed by atoms with Crippen LogP contribution in [0.2, 0.25) is 0 Å². The number of anilines is 1. The molecule has 1 unspecified atom stereocenters. The Kier molecular flexibility index (Phi) is 5.51. The molecule has 1 saturated heterocycles. The van der Waals surface area contributed by atoms with Crippen molar-refractivity contribution in [3.05, 3.63) is 42.2 Å². The number of nitrogens with one attached hydrogen (secondary N) is 2. The lowest BCUT2D eigenvalue weighted by Gasteiger charge is -2.09. The number of alkyl halides is 3. The molecule has 1 aromatic carbocycles. The highest BCUT2D eigenvalue weighted by molar-refractivity contribution is 5.94. The van der Waals surface area contributed by atoms with Crippen LogP contribution in [0.1, 0.15) is 18.4 Å². The molecular weight excluding hydrogens is 345 g/mol. The lowest BCUT2D eigenvalue weighted by atomic mass is 10.2. The van der Waals surface area contributed by atoms with Gasteiger partial charge in [0.25, 0.3) is 0 Å². The van der Waals surface area contributed by atoms with Gasteiger partial charge in [0.1, 0.15) is 0 Å². The summed E-state index contributed by atoms with van der Waals surface area (Å²) in [5.41, 5.74) is -0.0216. The summed E-state index contributed by atoms with van der Waals surface area (Å²) in [5.74, 6) is -0.161. The van der Waals surface area contributed by atoms with E-state index < -0.39 is 11.7 Å². The fraction of sp³-hybridized carbons (Fsp3) is 0.333. The third-order valence-electron chi connectivity index (χ3n) is 3.66. The highest BCUT2D eigenvalue weighted by Gasteiger charge is 2.30. The first-order valence-corrected chi connectivity index (χ1v) is 7.20. The van der Waals surface area contributed by atoms with Gasteiger partial charge >= 0.3 is 6.18 Å². The zero-order valence-electron chi connectivity index (χ0n) is 12.5. The Morgan fingerprint density at radius 2 is 2.17 bits per heavy atom. The quantitative estimate of drug-likeness (QED) is 0.884. The minimum atomic E-state index is -4.41. The van der Waals surface area contributed by atoms with Gasteiger partial charge in [-0.05, 0) is 37.6 Å². The number of nitrogens with zero attached hydrogens (tertiary/aromatic N) is 2. The Bertz CT molecular complexity index is 711. The maximum absolute atomic E-state index is 12.7. The molecule has 0 radical (unpaired) electrons. The second kappa shape index (κ2) is 7.23. The molecule has 3 rings (SSSR count). The number of rotatable bonds is 3. The van der Waals surface area contributed by atoms with Crippen LogP contribution >= 0.6 is 12.4 Å². The summed E-state index contributed by atoms with van der Waals surface area (Å²) in [5, 5.41) is 9.79. The van der Waals surface area contributed by atoms with E-state index in [1.54, 1.807) is 0 Å². The molecule has 2 N–H and O–H groups in total. The minimum absolute atomic E-state index is 0. The smallest absolute Gasteiger partial charge is 0.322 e. The van der Waals surface area contributed by atoms with Crippen molar-refractivity contribution in [2.75, 3.05) is 11.9 Å². The summed E-state index contributed by atoms with van der Waals surface area (Å²) < 4.78 is 39.5. The Hall–Kier alpha value is -2.06. The SMILES string of the molecule is Cl.O=C(Nc1cnn(-c2cccc(C(F)(F)F)c2)c1)C1CCCN1.